The molecule has 0 radical (unpaired) electrons. The molecule has 2 amide bonds. The third kappa shape index (κ3) is 2.07. The minimum absolute atomic E-state index is 0.0800. The smallest absolute Gasteiger partial charge is 0.320 e. The molecule has 0 aromatic carbocycles. The number of hydrogen-bond donors (Lipinski definition) is 1. The maximum atomic E-state index is 12.6. The summed E-state index contributed by atoms with van der Waals surface area (Å²) < 4.78 is 0. The fourth-order valence-corrected chi connectivity index (χ4v) is 4.34. The van der Waals surface area contributed by atoms with Crippen molar-refractivity contribution in [2.75, 3.05) is 19.6 Å². The fourth-order valence-electron chi connectivity index (χ4n) is 4.34. The molecule has 2 heterocycles. The summed E-state index contributed by atoms with van der Waals surface area (Å²) in [6, 6.07) is 0.495. The monoisotopic (exact) mass is 280 g/mol. The summed E-state index contributed by atoms with van der Waals surface area (Å²) in [6.07, 6.45) is 5.65. The molecule has 2 aliphatic heterocycles. The molecule has 1 saturated carbocycles. The van der Waals surface area contributed by atoms with Crippen LogP contribution in [0.1, 0.15) is 45.4 Å². The molecule has 5 heteroatoms. The predicted molar refractivity (Wildman–Crippen MR) is 74.4 cm³/mol. The van der Waals surface area contributed by atoms with Crippen LogP contribution < -0.4 is 0 Å². The van der Waals surface area contributed by atoms with Crippen LogP contribution in [0.25, 0.3) is 0 Å². The van der Waals surface area contributed by atoms with E-state index in [1.54, 1.807) is 4.90 Å². The number of aliphatic carboxylic acids is 1. The highest BCUT2D eigenvalue weighted by atomic mass is 16.4. The molecule has 1 aliphatic carbocycles. The summed E-state index contributed by atoms with van der Waals surface area (Å²) in [4.78, 5) is 28.0. The van der Waals surface area contributed by atoms with Crippen LogP contribution in [0.3, 0.4) is 0 Å². The molecule has 0 aromatic rings. The van der Waals surface area contributed by atoms with Gasteiger partial charge in [-0.2, -0.15) is 0 Å². The molecule has 112 valence electrons. The number of carboxylic acid groups (broad SMARTS) is 1. The van der Waals surface area contributed by atoms with Crippen molar-refractivity contribution in [2.45, 2.75) is 51.5 Å². The molecule has 3 atom stereocenters. The van der Waals surface area contributed by atoms with Crippen LogP contribution in [-0.2, 0) is 4.79 Å². The van der Waals surface area contributed by atoms with Gasteiger partial charge < -0.3 is 14.9 Å². The van der Waals surface area contributed by atoms with Gasteiger partial charge in [0.05, 0.1) is 5.41 Å². The minimum Gasteiger partial charge on any atom is -0.481 e. The molecular weight excluding hydrogens is 256 g/mol. The lowest BCUT2D eigenvalue weighted by molar-refractivity contribution is -0.148. The van der Waals surface area contributed by atoms with Gasteiger partial charge in [0.15, 0.2) is 0 Å². The van der Waals surface area contributed by atoms with E-state index in [1.165, 1.54) is 6.42 Å². The van der Waals surface area contributed by atoms with Gasteiger partial charge in [0.2, 0.25) is 0 Å². The molecule has 0 spiro atoms. The molecule has 3 rings (SSSR count). The van der Waals surface area contributed by atoms with Crippen LogP contribution in [-0.4, -0.2) is 52.6 Å². The topological polar surface area (TPSA) is 60.9 Å². The Kier molecular flexibility index (Phi) is 3.38. The van der Waals surface area contributed by atoms with Crippen molar-refractivity contribution in [3.63, 3.8) is 0 Å². The largest absolute Gasteiger partial charge is 0.481 e. The quantitative estimate of drug-likeness (QED) is 0.862. The summed E-state index contributed by atoms with van der Waals surface area (Å²) in [7, 11) is 0. The first-order valence-electron chi connectivity index (χ1n) is 7.84. The zero-order valence-corrected chi connectivity index (χ0v) is 12.2. The highest BCUT2D eigenvalue weighted by molar-refractivity contribution is 5.80. The van der Waals surface area contributed by atoms with Gasteiger partial charge in [-0.05, 0) is 38.0 Å². The number of hydrogen-bond acceptors (Lipinski definition) is 2. The first-order valence-corrected chi connectivity index (χ1v) is 7.84. The number of urea groups is 1. The Morgan fingerprint density at radius 2 is 2.15 bits per heavy atom. The van der Waals surface area contributed by atoms with Crippen molar-refractivity contribution in [1.29, 1.82) is 0 Å². The van der Waals surface area contributed by atoms with Crippen molar-refractivity contribution in [3.8, 4) is 0 Å². The van der Waals surface area contributed by atoms with Crippen molar-refractivity contribution < 1.29 is 14.7 Å². The van der Waals surface area contributed by atoms with Gasteiger partial charge >= 0.3 is 12.0 Å². The second-order valence-electron chi connectivity index (χ2n) is 6.77. The van der Waals surface area contributed by atoms with Gasteiger partial charge in [-0.15, -0.1) is 0 Å². The molecule has 5 nitrogen and oxygen atoms in total. The number of fused-ring (bicyclic) bond motifs is 2. The van der Waals surface area contributed by atoms with Crippen LogP contribution >= 0.6 is 0 Å². The van der Waals surface area contributed by atoms with Crippen LogP contribution in [0, 0.1) is 11.3 Å². The number of likely N-dealkylation sites (tertiary alicyclic amines) is 2. The molecule has 0 aromatic heterocycles. The van der Waals surface area contributed by atoms with Crippen molar-refractivity contribution in [3.05, 3.63) is 0 Å². The molecule has 20 heavy (non-hydrogen) atoms. The number of carbonyl (C=O) groups is 2. The van der Waals surface area contributed by atoms with Crippen LogP contribution in [0.4, 0.5) is 4.79 Å². The maximum absolute atomic E-state index is 12.6. The van der Waals surface area contributed by atoms with Gasteiger partial charge in [0.1, 0.15) is 0 Å². The second kappa shape index (κ2) is 4.93. The van der Waals surface area contributed by atoms with Crippen LogP contribution in [0.5, 0.6) is 0 Å². The molecule has 1 N–H and O–H groups in total. The Morgan fingerprint density at radius 3 is 2.70 bits per heavy atom. The Hall–Kier alpha value is -1.26. The Labute approximate surface area is 119 Å². The second-order valence-corrected chi connectivity index (χ2v) is 6.77. The molecule has 2 saturated heterocycles. The summed E-state index contributed by atoms with van der Waals surface area (Å²) in [6.45, 7) is 3.88. The van der Waals surface area contributed by atoms with Gasteiger partial charge in [-0.3, -0.25) is 4.79 Å². The average molecular weight is 280 g/mol. The third-order valence-electron chi connectivity index (χ3n) is 5.46. The number of nitrogens with zero attached hydrogens (tertiary/aromatic N) is 2. The Morgan fingerprint density at radius 1 is 1.35 bits per heavy atom. The normalized spacial score (nSPS) is 35.9. The highest BCUT2D eigenvalue weighted by Gasteiger charge is 2.48. The van der Waals surface area contributed by atoms with E-state index in [2.05, 4.69) is 0 Å². The van der Waals surface area contributed by atoms with Crippen LogP contribution in [0.2, 0.25) is 0 Å². The van der Waals surface area contributed by atoms with Crippen molar-refractivity contribution in [2.24, 2.45) is 11.3 Å². The van der Waals surface area contributed by atoms with E-state index in [4.69, 9.17) is 0 Å². The third-order valence-corrected chi connectivity index (χ3v) is 5.46. The van der Waals surface area contributed by atoms with E-state index in [0.29, 0.717) is 37.9 Å². The van der Waals surface area contributed by atoms with E-state index in [9.17, 15) is 14.7 Å². The van der Waals surface area contributed by atoms with E-state index in [1.807, 2.05) is 11.8 Å². The van der Waals surface area contributed by atoms with E-state index >= 15 is 0 Å². The zero-order valence-electron chi connectivity index (χ0n) is 12.2. The highest BCUT2D eigenvalue weighted by Crippen LogP contribution is 2.40. The minimum atomic E-state index is -0.738. The van der Waals surface area contributed by atoms with Gasteiger partial charge in [0.25, 0.3) is 0 Å². The van der Waals surface area contributed by atoms with Crippen LogP contribution in [0.15, 0.2) is 0 Å². The van der Waals surface area contributed by atoms with E-state index < -0.39 is 11.4 Å². The van der Waals surface area contributed by atoms with Crippen molar-refractivity contribution >= 4 is 12.0 Å². The SMILES string of the molecule is CCCC1(C(=O)O)CCN(C(=O)N2CC3CCC2C3)C1. The molecule has 2 bridgehead atoms. The number of carboxylic acids is 1. The summed E-state index contributed by atoms with van der Waals surface area (Å²) in [5, 5.41) is 9.51. The van der Waals surface area contributed by atoms with E-state index in [0.717, 1.165) is 25.8 Å². The Balaban J connectivity index is 1.67. The number of piperidine rings is 1. The number of amides is 2. The summed E-state index contributed by atoms with van der Waals surface area (Å²) in [5.74, 6) is -0.0518. The van der Waals surface area contributed by atoms with Gasteiger partial charge in [0, 0.05) is 25.7 Å². The first kappa shape index (κ1) is 13.7. The Bertz CT molecular complexity index is 425. The average Bonchev–Trinajstić information content (AvgIpc) is 3.13. The van der Waals surface area contributed by atoms with E-state index in [-0.39, 0.29) is 6.03 Å². The molecular formula is C15H24N2O3. The zero-order chi connectivity index (χ0) is 14.3. The lowest BCUT2D eigenvalue weighted by Crippen LogP contribution is -2.47. The maximum Gasteiger partial charge on any atom is 0.320 e. The summed E-state index contributed by atoms with van der Waals surface area (Å²) in [5.41, 5.74) is -0.705. The van der Waals surface area contributed by atoms with Crippen molar-refractivity contribution in [1.82, 2.24) is 9.80 Å². The fraction of sp³-hybridized carbons (Fsp3) is 0.867. The predicted octanol–water partition coefficient (Wildman–Crippen LogP) is 2.17. The van der Waals surface area contributed by atoms with Gasteiger partial charge in [-0.1, -0.05) is 13.3 Å². The number of rotatable bonds is 3. The van der Waals surface area contributed by atoms with Gasteiger partial charge in [-0.25, -0.2) is 4.79 Å². The standard InChI is InChI=1S/C15H24N2O3/c1-2-5-15(13(18)19)6-7-16(10-15)14(20)17-9-11-3-4-12(17)8-11/h11-12H,2-10H2,1H3,(H,18,19). The molecule has 3 fully saturated rings. The first-order chi connectivity index (χ1) is 9.55. The lowest BCUT2D eigenvalue weighted by Gasteiger charge is -2.32. The lowest BCUT2D eigenvalue weighted by atomic mass is 9.83. The number of carbonyl (C=O) groups excluding carboxylic acids is 1. The molecule has 3 unspecified atom stereocenters. The molecule has 3 aliphatic rings. The summed E-state index contributed by atoms with van der Waals surface area (Å²) >= 11 is 0.